The van der Waals surface area contributed by atoms with Gasteiger partial charge in [0.05, 0.1) is 18.2 Å². The van der Waals surface area contributed by atoms with Crippen LogP contribution in [0.2, 0.25) is 0 Å². The van der Waals surface area contributed by atoms with Crippen molar-refractivity contribution in [3.8, 4) is 5.75 Å². The molecular weight excluding hydrogens is 220 g/mol. The molecule has 17 heavy (non-hydrogen) atoms. The van der Waals surface area contributed by atoms with Crippen molar-refractivity contribution < 1.29 is 14.6 Å². The van der Waals surface area contributed by atoms with Gasteiger partial charge in [-0.15, -0.1) is 0 Å². The first-order valence-electron chi connectivity index (χ1n) is 5.39. The first kappa shape index (κ1) is 13.5. The lowest BCUT2D eigenvalue weighted by atomic mass is 10.2. The van der Waals surface area contributed by atoms with Crippen LogP contribution < -0.4 is 11.1 Å². The molecule has 0 radical (unpaired) electrons. The Morgan fingerprint density at radius 1 is 1.59 bits per heavy atom. The van der Waals surface area contributed by atoms with Crippen LogP contribution >= 0.6 is 0 Å². The molecule has 0 aliphatic rings. The maximum atomic E-state index is 11.6. The maximum Gasteiger partial charge on any atom is 0.227 e. The van der Waals surface area contributed by atoms with Gasteiger partial charge in [0.2, 0.25) is 5.91 Å². The number of carbonyl (C=O) groups excluding carboxylic acids is 1. The molecule has 0 aliphatic heterocycles. The Bertz CT molecular complexity index is 389. The number of benzene rings is 1. The van der Waals surface area contributed by atoms with Crippen molar-refractivity contribution in [3.63, 3.8) is 0 Å². The van der Waals surface area contributed by atoms with Crippen molar-refractivity contribution in [2.45, 2.75) is 19.4 Å². The summed E-state index contributed by atoms with van der Waals surface area (Å²) in [5, 5.41) is 12.2. The van der Waals surface area contributed by atoms with Gasteiger partial charge in [0.1, 0.15) is 5.75 Å². The number of methoxy groups -OCH3 is 1. The molecule has 1 aromatic carbocycles. The van der Waals surface area contributed by atoms with Gasteiger partial charge in [-0.25, -0.2) is 0 Å². The van der Waals surface area contributed by atoms with Crippen molar-refractivity contribution in [1.82, 2.24) is 0 Å². The summed E-state index contributed by atoms with van der Waals surface area (Å²) in [5.74, 6) is -0.186. The summed E-state index contributed by atoms with van der Waals surface area (Å²) in [4.78, 5) is 11.6. The molecular formula is C12H18N2O3. The van der Waals surface area contributed by atoms with E-state index in [2.05, 4.69) is 5.32 Å². The lowest BCUT2D eigenvalue weighted by Gasteiger charge is -2.13. The highest BCUT2D eigenvalue weighted by Crippen LogP contribution is 2.23. The zero-order valence-electron chi connectivity index (χ0n) is 10.1. The Kier molecular flexibility index (Phi) is 4.93. The third-order valence-electron chi connectivity index (χ3n) is 2.44. The second kappa shape index (κ2) is 6.22. The standard InChI is InChI=1S/C12H18N2O3/c1-8-3-4-11(15)10(5-8)14-12(16)6-9(7-13)17-2/h3-5,9,15H,6-7,13H2,1-2H3,(H,14,16). The third kappa shape index (κ3) is 4.05. The van der Waals surface area contributed by atoms with E-state index < -0.39 is 0 Å². The molecule has 94 valence electrons. The number of carbonyl (C=O) groups is 1. The molecule has 0 saturated heterocycles. The first-order chi connectivity index (χ1) is 8.06. The van der Waals surface area contributed by atoms with Crippen LogP contribution in [0.1, 0.15) is 12.0 Å². The third-order valence-corrected chi connectivity index (χ3v) is 2.44. The van der Waals surface area contributed by atoms with Gasteiger partial charge in [0, 0.05) is 13.7 Å². The average Bonchev–Trinajstić information content (AvgIpc) is 2.31. The van der Waals surface area contributed by atoms with Gasteiger partial charge in [-0.3, -0.25) is 4.79 Å². The molecule has 0 heterocycles. The summed E-state index contributed by atoms with van der Waals surface area (Å²) in [5.41, 5.74) is 6.79. The zero-order valence-corrected chi connectivity index (χ0v) is 10.1. The summed E-state index contributed by atoms with van der Waals surface area (Å²) in [6, 6.07) is 5.02. The molecule has 1 atom stereocenters. The number of aromatic hydroxyl groups is 1. The Morgan fingerprint density at radius 2 is 2.29 bits per heavy atom. The second-order valence-corrected chi connectivity index (χ2v) is 3.87. The van der Waals surface area contributed by atoms with Gasteiger partial charge >= 0.3 is 0 Å². The van der Waals surface area contributed by atoms with Crippen molar-refractivity contribution in [2.24, 2.45) is 5.73 Å². The fourth-order valence-corrected chi connectivity index (χ4v) is 1.42. The van der Waals surface area contributed by atoms with Gasteiger partial charge in [-0.2, -0.15) is 0 Å². The molecule has 1 aromatic rings. The minimum absolute atomic E-state index is 0.0469. The van der Waals surface area contributed by atoms with Crippen LogP contribution in [-0.2, 0) is 9.53 Å². The van der Waals surface area contributed by atoms with Crippen molar-refractivity contribution in [3.05, 3.63) is 23.8 Å². The van der Waals surface area contributed by atoms with E-state index in [4.69, 9.17) is 10.5 Å². The molecule has 4 N–H and O–H groups in total. The number of rotatable bonds is 5. The number of amides is 1. The number of aryl methyl sites for hydroxylation is 1. The number of phenolic OH excluding ortho intramolecular Hbond substituents is 1. The number of nitrogens with two attached hydrogens (primary N) is 1. The van der Waals surface area contributed by atoms with Crippen molar-refractivity contribution in [1.29, 1.82) is 0 Å². The van der Waals surface area contributed by atoms with E-state index in [0.717, 1.165) is 5.56 Å². The molecule has 0 saturated carbocycles. The van der Waals surface area contributed by atoms with Crippen LogP contribution in [0.4, 0.5) is 5.69 Å². The number of ether oxygens (including phenoxy) is 1. The summed E-state index contributed by atoms with van der Waals surface area (Å²) >= 11 is 0. The van der Waals surface area contributed by atoms with Crippen LogP contribution in [0.15, 0.2) is 18.2 Å². The molecule has 0 fully saturated rings. The fourth-order valence-electron chi connectivity index (χ4n) is 1.42. The van der Waals surface area contributed by atoms with Gasteiger partial charge in [-0.1, -0.05) is 6.07 Å². The molecule has 0 aliphatic carbocycles. The number of phenols is 1. The molecule has 0 aromatic heterocycles. The van der Waals surface area contributed by atoms with E-state index >= 15 is 0 Å². The zero-order chi connectivity index (χ0) is 12.8. The topological polar surface area (TPSA) is 84.6 Å². The van der Waals surface area contributed by atoms with E-state index in [1.54, 1.807) is 18.2 Å². The van der Waals surface area contributed by atoms with E-state index in [-0.39, 0.29) is 30.7 Å². The molecule has 5 heteroatoms. The highest BCUT2D eigenvalue weighted by Gasteiger charge is 2.12. The van der Waals surface area contributed by atoms with Crippen molar-refractivity contribution >= 4 is 11.6 Å². The molecule has 1 amide bonds. The Hall–Kier alpha value is -1.59. The van der Waals surface area contributed by atoms with E-state index in [1.165, 1.54) is 7.11 Å². The largest absolute Gasteiger partial charge is 0.506 e. The quantitative estimate of drug-likeness (QED) is 0.668. The van der Waals surface area contributed by atoms with Gasteiger partial charge < -0.3 is 20.9 Å². The minimum Gasteiger partial charge on any atom is -0.506 e. The Balaban J connectivity index is 2.64. The molecule has 1 unspecified atom stereocenters. The smallest absolute Gasteiger partial charge is 0.227 e. The molecule has 1 rings (SSSR count). The van der Waals surface area contributed by atoms with E-state index in [0.29, 0.717) is 5.69 Å². The van der Waals surface area contributed by atoms with Crippen LogP contribution in [0.5, 0.6) is 5.75 Å². The number of anilines is 1. The monoisotopic (exact) mass is 238 g/mol. The number of hydrogen-bond acceptors (Lipinski definition) is 4. The van der Waals surface area contributed by atoms with Crippen LogP contribution in [-0.4, -0.2) is 30.8 Å². The summed E-state index contributed by atoms with van der Waals surface area (Å²) in [6.07, 6.45) is -0.137. The van der Waals surface area contributed by atoms with Crippen LogP contribution in [0.25, 0.3) is 0 Å². The highest BCUT2D eigenvalue weighted by atomic mass is 16.5. The number of hydrogen-bond donors (Lipinski definition) is 3. The second-order valence-electron chi connectivity index (χ2n) is 3.87. The highest BCUT2D eigenvalue weighted by molar-refractivity contribution is 5.92. The normalized spacial score (nSPS) is 12.2. The van der Waals surface area contributed by atoms with E-state index in [1.807, 2.05) is 6.92 Å². The number of nitrogens with one attached hydrogen (secondary N) is 1. The Morgan fingerprint density at radius 3 is 2.88 bits per heavy atom. The predicted octanol–water partition coefficient (Wildman–Crippen LogP) is 1.00. The van der Waals surface area contributed by atoms with Crippen molar-refractivity contribution in [2.75, 3.05) is 19.0 Å². The van der Waals surface area contributed by atoms with Gasteiger partial charge in [-0.05, 0) is 24.6 Å². The van der Waals surface area contributed by atoms with Crippen LogP contribution in [0.3, 0.4) is 0 Å². The van der Waals surface area contributed by atoms with Crippen LogP contribution in [0, 0.1) is 6.92 Å². The lowest BCUT2D eigenvalue weighted by Crippen LogP contribution is -2.28. The predicted molar refractivity (Wildman–Crippen MR) is 65.9 cm³/mol. The lowest BCUT2D eigenvalue weighted by molar-refractivity contribution is -0.118. The van der Waals surface area contributed by atoms with Gasteiger partial charge in [0.25, 0.3) is 0 Å². The Labute approximate surface area is 101 Å². The summed E-state index contributed by atoms with van der Waals surface area (Å²) in [7, 11) is 1.51. The SMILES string of the molecule is COC(CN)CC(=O)Nc1cc(C)ccc1O. The maximum absolute atomic E-state index is 11.6. The summed E-state index contributed by atoms with van der Waals surface area (Å²) in [6.45, 7) is 2.16. The fraction of sp³-hybridized carbons (Fsp3) is 0.417. The molecule has 5 nitrogen and oxygen atoms in total. The average molecular weight is 238 g/mol. The molecule has 0 spiro atoms. The minimum atomic E-state index is -0.304. The first-order valence-corrected chi connectivity index (χ1v) is 5.39. The van der Waals surface area contributed by atoms with Gasteiger partial charge in [0.15, 0.2) is 0 Å². The van der Waals surface area contributed by atoms with E-state index in [9.17, 15) is 9.90 Å². The summed E-state index contributed by atoms with van der Waals surface area (Å²) < 4.78 is 5.01. The molecule has 0 bridgehead atoms.